The molecule has 29 heavy (non-hydrogen) atoms. The standard InChI is InChI=1S/C22H25ClFN3O2/c1-16-8-9-18(24)20(21(16)23)22(29)27-11-5-10-26(12-13-27)15-19(28)25-14-17-6-3-2-4-7-17/h2-4,6-9H,5,10-15H2,1H3,(H,25,28). The number of amides is 2. The Hall–Kier alpha value is -2.44. The molecule has 154 valence electrons. The molecule has 0 spiro atoms. The molecule has 5 nitrogen and oxygen atoms in total. The Kier molecular flexibility index (Phi) is 7.23. The van der Waals surface area contributed by atoms with E-state index in [1.165, 1.54) is 6.07 Å². The van der Waals surface area contributed by atoms with Crippen molar-refractivity contribution in [3.05, 3.63) is 70.0 Å². The van der Waals surface area contributed by atoms with Gasteiger partial charge in [-0.2, -0.15) is 0 Å². The summed E-state index contributed by atoms with van der Waals surface area (Å²) in [4.78, 5) is 28.7. The van der Waals surface area contributed by atoms with Gasteiger partial charge in [0, 0.05) is 32.7 Å². The maximum absolute atomic E-state index is 14.2. The van der Waals surface area contributed by atoms with Crippen LogP contribution in [0.1, 0.15) is 27.9 Å². The van der Waals surface area contributed by atoms with E-state index in [0.717, 1.165) is 5.56 Å². The molecule has 1 aliphatic heterocycles. The summed E-state index contributed by atoms with van der Waals surface area (Å²) in [6.45, 7) is 4.69. The van der Waals surface area contributed by atoms with Crippen molar-refractivity contribution in [1.82, 2.24) is 15.1 Å². The van der Waals surface area contributed by atoms with Crippen LogP contribution in [0.2, 0.25) is 5.02 Å². The molecule has 0 radical (unpaired) electrons. The van der Waals surface area contributed by atoms with Crippen LogP contribution in [0.3, 0.4) is 0 Å². The van der Waals surface area contributed by atoms with E-state index in [1.54, 1.807) is 17.9 Å². The van der Waals surface area contributed by atoms with Gasteiger partial charge in [0.25, 0.3) is 5.91 Å². The lowest BCUT2D eigenvalue weighted by molar-refractivity contribution is -0.122. The third kappa shape index (κ3) is 5.55. The quantitative estimate of drug-likeness (QED) is 0.812. The second-order valence-corrected chi connectivity index (χ2v) is 7.62. The van der Waals surface area contributed by atoms with Crippen molar-refractivity contribution in [3.8, 4) is 0 Å². The first-order chi connectivity index (χ1) is 14.0. The summed E-state index contributed by atoms with van der Waals surface area (Å²) in [5.41, 5.74) is 1.65. The molecule has 0 atom stereocenters. The summed E-state index contributed by atoms with van der Waals surface area (Å²) in [5, 5.41) is 3.08. The Balaban J connectivity index is 1.54. The number of halogens is 2. The fraction of sp³-hybridized carbons (Fsp3) is 0.364. The number of carbonyl (C=O) groups is 2. The van der Waals surface area contributed by atoms with Gasteiger partial charge >= 0.3 is 0 Å². The SMILES string of the molecule is Cc1ccc(F)c(C(=O)N2CCCN(CC(=O)NCc3ccccc3)CC2)c1Cl. The van der Waals surface area contributed by atoms with Crippen LogP contribution in [0.5, 0.6) is 0 Å². The third-order valence-electron chi connectivity index (χ3n) is 5.07. The van der Waals surface area contributed by atoms with Gasteiger partial charge in [-0.05, 0) is 30.5 Å². The predicted molar refractivity (Wildman–Crippen MR) is 111 cm³/mol. The highest BCUT2D eigenvalue weighted by Crippen LogP contribution is 2.25. The Bertz CT molecular complexity index is 876. The molecule has 2 aromatic carbocycles. The van der Waals surface area contributed by atoms with Gasteiger partial charge in [0.15, 0.2) is 0 Å². The van der Waals surface area contributed by atoms with Crippen molar-refractivity contribution in [3.63, 3.8) is 0 Å². The number of carbonyl (C=O) groups excluding carboxylic acids is 2. The van der Waals surface area contributed by atoms with Crippen molar-refractivity contribution < 1.29 is 14.0 Å². The maximum Gasteiger partial charge on any atom is 0.258 e. The Labute approximate surface area is 175 Å². The summed E-state index contributed by atoms with van der Waals surface area (Å²) in [6, 6.07) is 12.6. The smallest absolute Gasteiger partial charge is 0.258 e. The predicted octanol–water partition coefficient (Wildman–Crippen LogP) is 3.25. The first-order valence-corrected chi connectivity index (χ1v) is 10.1. The van der Waals surface area contributed by atoms with E-state index in [2.05, 4.69) is 5.32 Å². The molecule has 1 saturated heterocycles. The monoisotopic (exact) mass is 417 g/mol. The molecule has 1 N–H and O–H groups in total. The van der Waals surface area contributed by atoms with Gasteiger partial charge in [-0.25, -0.2) is 4.39 Å². The van der Waals surface area contributed by atoms with Gasteiger partial charge in [0.2, 0.25) is 5.91 Å². The second kappa shape index (κ2) is 9.85. The van der Waals surface area contributed by atoms with Crippen molar-refractivity contribution >= 4 is 23.4 Å². The number of rotatable bonds is 5. The Morgan fingerprint density at radius 1 is 1.07 bits per heavy atom. The summed E-state index contributed by atoms with van der Waals surface area (Å²) < 4.78 is 14.2. The van der Waals surface area contributed by atoms with Gasteiger partial charge in [0.05, 0.1) is 17.1 Å². The van der Waals surface area contributed by atoms with Crippen molar-refractivity contribution in [2.24, 2.45) is 0 Å². The Morgan fingerprint density at radius 3 is 2.59 bits per heavy atom. The van der Waals surface area contributed by atoms with Crippen LogP contribution in [0.25, 0.3) is 0 Å². The lowest BCUT2D eigenvalue weighted by atomic mass is 10.1. The highest BCUT2D eigenvalue weighted by atomic mass is 35.5. The van der Waals surface area contributed by atoms with Crippen LogP contribution < -0.4 is 5.32 Å². The molecule has 7 heteroatoms. The topological polar surface area (TPSA) is 52.7 Å². The zero-order valence-electron chi connectivity index (χ0n) is 16.5. The molecule has 1 fully saturated rings. The van der Waals surface area contributed by atoms with Crippen LogP contribution >= 0.6 is 11.6 Å². The van der Waals surface area contributed by atoms with E-state index in [0.29, 0.717) is 44.7 Å². The fourth-order valence-electron chi connectivity index (χ4n) is 3.40. The van der Waals surface area contributed by atoms with Gasteiger partial charge in [-0.15, -0.1) is 0 Å². The average molecular weight is 418 g/mol. The van der Waals surface area contributed by atoms with Crippen LogP contribution in [0.4, 0.5) is 4.39 Å². The number of hydrogen-bond acceptors (Lipinski definition) is 3. The first kappa shape index (κ1) is 21.3. The van der Waals surface area contributed by atoms with Crippen LogP contribution in [-0.4, -0.2) is 54.3 Å². The third-order valence-corrected chi connectivity index (χ3v) is 5.56. The van der Waals surface area contributed by atoms with Crippen LogP contribution in [0, 0.1) is 12.7 Å². The number of hydrogen-bond donors (Lipinski definition) is 1. The number of aryl methyl sites for hydroxylation is 1. The molecule has 0 aromatic heterocycles. The summed E-state index contributed by atoms with van der Waals surface area (Å²) >= 11 is 6.19. The maximum atomic E-state index is 14.2. The van der Waals surface area contributed by atoms with Gasteiger partial charge in [0.1, 0.15) is 5.82 Å². The van der Waals surface area contributed by atoms with Crippen LogP contribution in [-0.2, 0) is 11.3 Å². The molecule has 1 aliphatic rings. The number of nitrogens with zero attached hydrogens (tertiary/aromatic N) is 2. The fourth-order valence-corrected chi connectivity index (χ4v) is 3.63. The van der Waals surface area contributed by atoms with Crippen molar-refractivity contribution in [2.45, 2.75) is 19.9 Å². The minimum Gasteiger partial charge on any atom is -0.351 e. The van der Waals surface area contributed by atoms with Crippen molar-refractivity contribution in [2.75, 3.05) is 32.7 Å². The summed E-state index contributed by atoms with van der Waals surface area (Å²) in [5.74, 6) is -1.06. The zero-order chi connectivity index (χ0) is 20.8. The molecule has 3 rings (SSSR count). The van der Waals surface area contributed by atoms with E-state index in [9.17, 15) is 14.0 Å². The largest absolute Gasteiger partial charge is 0.351 e. The van der Waals surface area contributed by atoms with Gasteiger partial charge < -0.3 is 10.2 Å². The minimum atomic E-state index is -0.605. The molecule has 1 heterocycles. The number of nitrogens with one attached hydrogen (secondary N) is 1. The minimum absolute atomic E-state index is 0.0543. The molecule has 0 unspecified atom stereocenters. The first-order valence-electron chi connectivity index (χ1n) is 9.72. The second-order valence-electron chi connectivity index (χ2n) is 7.24. The molecule has 0 bridgehead atoms. The molecular weight excluding hydrogens is 393 g/mol. The van der Waals surface area contributed by atoms with Gasteiger partial charge in [-0.1, -0.05) is 48.0 Å². The number of benzene rings is 2. The molecular formula is C22H25ClFN3O2. The summed E-state index contributed by atoms with van der Waals surface area (Å²) in [7, 11) is 0. The lowest BCUT2D eigenvalue weighted by Gasteiger charge is -2.22. The highest BCUT2D eigenvalue weighted by Gasteiger charge is 2.25. The average Bonchev–Trinajstić information content (AvgIpc) is 2.96. The molecule has 0 saturated carbocycles. The van der Waals surface area contributed by atoms with E-state index in [1.807, 2.05) is 35.2 Å². The van der Waals surface area contributed by atoms with E-state index < -0.39 is 11.7 Å². The summed E-state index contributed by atoms with van der Waals surface area (Å²) in [6.07, 6.45) is 0.711. The van der Waals surface area contributed by atoms with E-state index in [4.69, 9.17) is 11.6 Å². The normalized spacial score (nSPS) is 15.1. The zero-order valence-corrected chi connectivity index (χ0v) is 17.2. The highest BCUT2D eigenvalue weighted by molar-refractivity contribution is 6.34. The molecule has 0 aliphatic carbocycles. The van der Waals surface area contributed by atoms with Gasteiger partial charge in [-0.3, -0.25) is 14.5 Å². The molecule has 2 aromatic rings. The van der Waals surface area contributed by atoms with Crippen molar-refractivity contribution in [1.29, 1.82) is 0 Å². The Morgan fingerprint density at radius 2 is 1.83 bits per heavy atom. The lowest BCUT2D eigenvalue weighted by Crippen LogP contribution is -2.40. The molecule has 2 amide bonds. The van der Waals surface area contributed by atoms with Crippen LogP contribution in [0.15, 0.2) is 42.5 Å². The van der Waals surface area contributed by atoms with E-state index in [-0.39, 0.29) is 23.0 Å². The van der Waals surface area contributed by atoms with E-state index >= 15 is 0 Å².